The fraction of sp³-hybridized carbons (Fsp3) is 0.889. The fourth-order valence-corrected chi connectivity index (χ4v) is 3.26. The Bertz CT molecular complexity index is 171. The van der Waals surface area contributed by atoms with E-state index in [1.54, 1.807) is 0 Å². The van der Waals surface area contributed by atoms with Gasteiger partial charge in [-0.05, 0) is 18.6 Å². The summed E-state index contributed by atoms with van der Waals surface area (Å²) in [5.74, 6) is 1.46. The molecule has 0 aromatic rings. The molecule has 0 aromatic heterocycles. The molecule has 1 heterocycles. The lowest BCUT2D eigenvalue weighted by atomic mass is 10.2. The number of amides is 1. The maximum atomic E-state index is 11.8. The van der Waals surface area contributed by atoms with Gasteiger partial charge in [-0.15, -0.1) is 11.8 Å². The largest absolute Gasteiger partial charge is 0.344 e. The van der Waals surface area contributed by atoms with Crippen molar-refractivity contribution in [3.63, 3.8) is 0 Å². The van der Waals surface area contributed by atoms with Gasteiger partial charge in [0.05, 0.1) is 5.25 Å². The molecule has 1 saturated heterocycles. The van der Waals surface area contributed by atoms with E-state index >= 15 is 0 Å². The molecule has 0 aliphatic carbocycles. The summed E-state index contributed by atoms with van der Waals surface area (Å²) in [5.41, 5.74) is 0. The summed E-state index contributed by atoms with van der Waals surface area (Å²) in [5, 5.41) is 1.10. The van der Waals surface area contributed by atoms with Crippen LogP contribution in [0.3, 0.4) is 0 Å². The van der Waals surface area contributed by atoms with Gasteiger partial charge in [-0.25, -0.2) is 0 Å². The van der Waals surface area contributed by atoms with Gasteiger partial charge in [0.2, 0.25) is 5.91 Å². The normalized spacial score (nSPS) is 22.8. The number of hydrogen-bond donors (Lipinski definition) is 0. The lowest BCUT2D eigenvalue weighted by molar-refractivity contribution is -0.129. The first-order chi connectivity index (χ1) is 6.25. The van der Waals surface area contributed by atoms with Crippen LogP contribution in [0.5, 0.6) is 0 Å². The van der Waals surface area contributed by atoms with Crippen LogP contribution in [-0.4, -0.2) is 40.7 Å². The minimum absolute atomic E-state index is 0.234. The Kier molecular flexibility index (Phi) is 5.17. The SMILES string of the molecule is CN(CCBr)C(=O)C1CCCCS1. The van der Waals surface area contributed by atoms with Gasteiger partial charge in [-0.2, -0.15) is 0 Å². The Morgan fingerprint density at radius 3 is 2.92 bits per heavy atom. The van der Waals surface area contributed by atoms with Gasteiger partial charge in [0.25, 0.3) is 0 Å². The number of thioether (sulfide) groups is 1. The number of nitrogens with zero attached hydrogens (tertiary/aromatic N) is 1. The van der Waals surface area contributed by atoms with Crippen molar-refractivity contribution >= 4 is 33.6 Å². The third kappa shape index (κ3) is 3.50. The molecule has 13 heavy (non-hydrogen) atoms. The number of carbonyl (C=O) groups excluding carboxylic acids is 1. The van der Waals surface area contributed by atoms with Crippen molar-refractivity contribution in [2.45, 2.75) is 24.5 Å². The third-order valence-electron chi connectivity index (χ3n) is 2.25. The maximum absolute atomic E-state index is 11.8. The van der Waals surface area contributed by atoms with Gasteiger partial charge < -0.3 is 4.90 Å². The van der Waals surface area contributed by atoms with Crippen LogP contribution in [0.1, 0.15) is 19.3 Å². The Morgan fingerprint density at radius 2 is 2.38 bits per heavy atom. The summed E-state index contributed by atoms with van der Waals surface area (Å²) >= 11 is 5.16. The van der Waals surface area contributed by atoms with E-state index in [1.807, 2.05) is 23.7 Å². The van der Waals surface area contributed by atoms with Crippen LogP contribution >= 0.6 is 27.7 Å². The minimum Gasteiger partial charge on any atom is -0.344 e. The monoisotopic (exact) mass is 265 g/mol. The molecule has 0 spiro atoms. The average molecular weight is 266 g/mol. The molecule has 0 saturated carbocycles. The van der Waals surface area contributed by atoms with Crippen LogP contribution < -0.4 is 0 Å². The van der Waals surface area contributed by atoms with Gasteiger partial charge in [0.15, 0.2) is 0 Å². The summed E-state index contributed by atoms with van der Waals surface area (Å²) in [6, 6.07) is 0. The molecule has 4 heteroatoms. The van der Waals surface area contributed by atoms with Gasteiger partial charge >= 0.3 is 0 Å². The molecule has 1 fully saturated rings. The van der Waals surface area contributed by atoms with E-state index in [4.69, 9.17) is 0 Å². The Labute approximate surface area is 92.6 Å². The summed E-state index contributed by atoms with van der Waals surface area (Å²) in [6.07, 6.45) is 3.55. The van der Waals surface area contributed by atoms with E-state index in [0.29, 0.717) is 5.91 Å². The van der Waals surface area contributed by atoms with E-state index in [0.717, 1.165) is 24.0 Å². The van der Waals surface area contributed by atoms with E-state index in [1.165, 1.54) is 12.8 Å². The molecule has 1 unspecified atom stereocenters. The van der Waals surface area contributed by atoms with Crippen molar-refractivity contribution in [3.05, 3.63) is 0 Å². The third-order valence-corrected chi connectivity index (χ3v) is 3.97. The summed E-state index contributed by atoms with van der Waals surface area (Å²) in [7, 11) is 1.89. The molecule has 0 N–H and O–H groups in total. The zero-order valence-corrected chi connectivity index (χ0v) is 10.4. The van der Waals surface area contributed by atoms with E-state index in [9.17, 15) is 4.79 Å². The Balaban J connectivity index is 2.36. The van der Waals surface area contributed by atoms with Gasteiger partial charge in [0.1, 0.15) is 0 Å². The number of alkyl halides is 1. The van der Waals surface area contributed by atoms with Gasteiger partial charge in [-0.3, -0.25) is 4.79 Å². The lowest BCUT2D eigenvalue weighted by Crippen LogP contribution is -2.37. The van der Waals surface area contributed by atoms with Crippen LogP contribution in [0.2, 0.25) is 0 Å². The molecular formula is C9H16BrNOS. The molecule has 1 aliphatic heterocycles. The minimum atomic E-state index is 0.234. The smallest absolute Gasteiger partial charge is 0.235 e. The van der Waals surface area contributed by atoms with Crippen molar-refractivity contribution in [2.75, 3.05) is 24.7 Å². The standard InChI is InChI=1S/C9H16BrNOS/c1-11(6-5-10)9(12)8-4-2-3-7-13-8/h8H,2-7H2,1H3. The molecule has 0 radical (unpaired) electrons. The lowest BCUT2D eigenvalue weighted by Gasteiger charge is -2.25. The molecule has 1 amide bonds. The highest BCUT2D eigenvalue weighted by Crippen LogP contribution is 2.26. The summed E-state index contributed by atoms with van der Waals surface area (Å²) in [4.78, 5) is 13.6. The summed E-state index contributed by atoms with van der Waals surface area (Å²) < 4.78 is 0. The first kappa shape index (κ1) is 11.4. The van der Waals surface area contributed by atoms with E-state index in [-0.39, 0.29) is 5.25 Å². The topological polar surface area (TPSA) is 20.3 Å². The second-order valence-corrected chi connectivity index (χ2v) is 5.41. The molecule has 1 rings (SSSR count). The zero-order chi connectivity index (χ0) is 9.68. The number of rotatable bonds is 3. The van der Waals surface area contributed by atoms with Crippen LogP contribution in [0, 0.1) is 0 Å². The molecule has 76 valence electrons. The molecule has 1 atom stereocenters. The highest BCUT2D eigenvalue weighted by Gasteiger charge is 2.23. The number of hydrogen-bond acceptors (Lipinski definition) is 2. The van der Waals surface area contributed by atoms with Crippen LogP contribution in [0.4, 0.5) is 0 Å². The Hall–Kier alpha value is 0.300. The van der Waals surface area contributed by atoms with Crippen LogP contribution in [0.15, 0.2) is 0 Å². The molecule has 1 aliphatic rings. The molecule has 0 bridgehead atoms. The van der Waals surface area contributed by atoms with Gasteiger partial charge in [0, 0.05) is 18.9 Å². The molecular weight excluding hydrogens is 250 g/mol. The first-order valence-electron chi connectivity index (χ1n) is 4.68. The van der Waals surface area contributed by atoms with Crippen molar-refractivity contribution in [1.29, 1.82) is 0 Å². The summed E-state index contributed by atoms with van der Waals surface area (Å²) in [6.45, 7) is 0.815. The quantitative estimate of drug-likeness (QED) is 0.729. The first-order valence-corrected chi connectivity index (χ1v) is 6.85. The van der Waals surface area contributed by atoms with Crippen molar-refractivity contribution in [2.24, 2.45) is 0 Å². The predicted molar refractivity (Wildman–Crippen MR) is 61.5 cm³/mol. The van der Waals surface area contributed by atoms with Crippen LogP contribution in [0.25, 0.3) is 0 Å². The van der Waals surface area contributed by atoms with E-state index in [2.05, 4.69) is 15.9 Å². The average Bonchev–Trinajstić information content (AvgIpc) is 2.18. The Morgan fingerprint density at radius 1 is 1.62 bits per heavy atom. The number of halogens is 1. The molecule has 2 nitrogen and oxygen atoms in total. The zero-order valence-electron chi connectivity index (χ0n) is 7.96. The van der Waals surface area contributed by atoms with Crippen molar-refractivity contribution < 1.29 is 4.79 Å². The second kappa shape index (κ2) is 5.91. The van der Waals surface area contributed by atoms with Crippen molar-refractivity contribution in [3.8, 4) is 0 Å². The van der Waals surface area contributed by atoms with Crippen LogP contribution in [-0.2, 0) is 4.79 Å². The maximum Gasteiger partial charge on any atom is 0.235 e. The number of carbonyl (C=O) groups is 1. The molecule has 0 aromatic carbocycles. The highest BCUT2D eigenvalue weighted by molar-refractivity contribution is 9.09. The second-order valence-electron chi connectivity index (χ2n) is 3.30. The van der Waals surface area contributed by atoms with Gasteiger partial charge in [-0.1, -0.05) is 22.4 Å². The predicted octanol–water partition coefficient (Wildman–Crippen LogP) is 2.13. The fourth-order valence-electron chi connectivity index (χ4n) is 1.42. The van der Waals surface area contributed by atoms with E-state index < -0.39 is 0 Å². The highest BCUT2D eigenvalue weighted by atomic mass is 79.9. The van der Waals surface area contributed by atoms with Crippen molar-refractivity contribution in [1.82, 2.24) is 4.90 Å².